The van der Waals surface area contributed by atoms with Crippen molar-refractivity contribution in [2.75, 3.05) is 0 Å². The molecule has 0 fully saturated rings. The van der Waals surface area contributed by atoms with Gasteiger partial charge >= 0.3 is 0 Å². The van der Waals surface area contributed by atoms with E-state index in [1.807, 2.05) is 66.9 Å². The van der Waals surface area contributed by atoms with E-state index in [-0.39, 0.29) is 0 Å². The maximum Gasteiger partial charge on any atom is 0.182 e. The molecule has 0 saturated heterocycles. The van der Waals surface area contributed by atoms with E-state index >= 15 is 0 Å². The summed E-state index contributed by atoms with van der Waals surface area (Å²) in [4.78, 5) is 24.4. The molecule has 196 valence electrons. The molecule has 0 aliphatic heterocycles. The standard InChI is InChI=1S/C37H23N5/c1-3-10-27-21-29(15-13-24(27)7-1)35-40-36(30-16-14-25-8-2-4-11-28(25)22-30)42-37(41-35)34-20-18-31(23-38-34)33-19-17-26-9-5-6-12-32(26)39-33/h1-23H. The second-order valence-electron chi connectivity index (χ2n) is 10.3. The summed E-state index contributed by atoms with van der Waals surface area (Å²) in [6.07, 6.45) is 1.83. The molecule has 0 radical (unpaired) electrons. The van der Waals surface area contributed by atoms with Crippen LogP contribution in [0.1, 0.15) is 0 Å². The normalized spacial score (nSPS) is 11.3. The summed E-state index contributed by atoms with van der Waals surface area (Å²) in [7, 11) is 0. The van der Waals surface area contributed by atoms with Gasteiger partial charge in [0.25, 0.3) is 0 Å². The molecule has 8 rings (SSSR count). The quantitative estimate of drug-likeness (QED) is 0.224. The van der Waals surface area contributed by atoms with Crippen molar-refractivity contribution < 1.29 is 0 Å². The number of fused-ring (bicyclic) bond motifs is 3. The Morgan fingerprint density at radius 1 is 0.333 bits per heavy atom. The molecule has 42 heavy (non-hydrogen) atoms. The van der Waals surface area contributed by atoms with Crippen molar-refractivity contribution in [3.8, 4) is 45.6 Å². The highest BCUT2D eigenvalue weighted by atomic mass is 15.0. The van der Waals surface area contributed by atoms with E-state index in [0.717, 1.165) is 44.1 Å². The SMILES string of the molecule is c1ccc2cc(-c3nc(-c4ccc5ccccc5c4)nc(-c4ccc(-c5ccc6ccccc6n5)cn4)n3)ccc2c1. The molecule has 5 heteroatoms. The van der Waals surface area contributed by atoms with Crippen LogP contribution < -0.4 is 0 Å². The predicted molar refractivity (Wildman–Crippen MR) is 170 cm³/mol. The van der Waals surface area contributed by atoms with Crippen molar-refractivity contribution in [2.24, 2.45) is 0 Å². The third-order valence-corrected chi connectivity index (χ3v) is 7.54. The molecule has 5 aromatic carbocycles. The maximum atomic E-state index is 4.95. The van der Waals surface area contributed by atoms with Gasteiger partial charge in [-0.1, -0.05) is 97.1 Å². The van der Waals surface area contributed by atoms with Crippen LogP contribution in [-0.4, -0.2) is 24.9 Å². The zero-order valence-electron chi connectivity index (χ0n) is 22.5. The largest absolute Gasteiger partial charge is 0.252 e. The van der Waals surface area contributed by atoms with E-state index < -0.39 is 0 Å². The second-order valence-corrected chi connectivity index (χ2v) is 10.3. The van der Waals surface area contributed by atoms with Crippen LogP contribution in [0.4, 0.5) is 0 Å². The smallest absolute Gasteiger partial charge is 0.182 e. The molecule has 0 unspecified atom stereocenters. The summed E-state index contributed by atoms with van der Waals surface area (Å²) in [6, 6.07) is 45.4. The molecule has 0 spiro atoms. The first-order valence-corrected chi connectivity index (χ1v) is 13.8. The van der Waals surface area contributed by atoms with Crippen LogP contribution in [0, 0.1) is 0 Å². The Bertz CT molecular complexity index is 2160. The topological polar surface area (TPSA) is 64.5 Å². The van der Waals surface area contributed by atoms with Gasteiger partial charge in [-0.2, -0.15) is 0 Å². The lowest BCUT2D eigenvalue weighted by molar-refractivity contribution is 1.06. The highest BCUT2D eigenvalue weighted by molar-refractivity contribution is 5.88. The zero-order chi connectivity index (χ0) is 27.9. The maximum absolute atomic E-state index is 4.95. The van der Waals surface area contributed by atoms with Crippen LogP contribution in [0.5, 0.6) is 0 Å². The van der Waals surface area contributed by atoms with E-state index in [9.17, 15) is 0 Å². The van der Waals surface area contributed by atoms with Crippen LogP contribution in [-0.2, 0) is 0 Å². The van der Waals surface area contributed by atoms with Crippen LogP contribution in [0.3, 0.4) is 0 Å². The van der Waals surface area contributed by atoms with Crippen LogP contribution in [0.2, 0.25) is 0 Å². The molecule has 3 heterocycles. The molecular weight excluding hydrogens is 514 g/mol. The van der Waals surface area contributed by atoms with Crippen molar-refractivity contribution in [3.05, 3.63) is 140 Å². The molecule has 0 aliphatic rings. The van der Waals surface area contributed by atoms with E-state index in [1.54, 1.807) is 0 Å². The lowest BCUT2D eigenvalue weighted by Crippen LogP contribution is -2.01. The predicted octanol–water partition coefficient (Wildman–Crippen LogP) is 8.79. The summed E-state index contributed by atoms with van der Waals surface area (Å²) >= 11 is 0. The van der Waals surface area contributed by atoms with Gasteiger partial charge in [-0.25, -0.2) is 19.9 Å². The molecule has 0 aliphatic carbocycles. The highest BCUT2D eigenvalue weighted by Crippen LogP contribution is 2.29. The van der Waals surface area contributed by atoms with Gasteiger partial charge in [0, 0.05) is 28.3 Å². The van der Waals surface area contributed by atoms with E-state index in [1.165, 1.54) is 10.8 Å². The second kappa shape index (κ2) is 9.98. The first kappa shape index (κ1) is 24.0. The third kappa shape index (κ3) is 4.43. The fraction of sp³-hybridized carbons (Fsp3) is 0. The minimum absolute atomic E-state index is 0.523. The monoisotopic (exact) mass is 537 g/mol. The average Bonchev–Trinajstić information content (AvgIpc) is 3.07. The molecule has 0 saturated carbocycles. The van der Waals surface area contributed by atoms with Gasteiger partial charge in [-0.05, 0) is 57.9 Å². The molecule has 8 aromatic rings. The summed E-state index contributed by atoms with van der Waals surface area (Å²) < 4.78 is 0. The van der Waals surface area contributed by atoms with E-state index in [0.29, 0.717) is 23.2 Å². The number of aromatic nitrogens is 5. The molecule has 3 aromatic heterocycles. The van der Waals surface area contributed by atoms with Crippen molar-refractivity contribution in [2.45, 2.75) is 0 Å². The third-order valence-electron chi connectivity index (χ3n) is 7.54. The zero-order valence-corrected chi connectivity index (χ0v) is 22.5. The van der Waals surface area contributed by atoms with Crippen LogP contribution in [0.25, 0.3) is 78.0 Å². The van der Waals surface area contributed by atoms with Crippen LogP contribution in [0.15, 0.2) is 140 Å². The van der Waals surface area contributed by atoms with Crippen LogP contribution >= 0.6 is 0 Å². The number of hydrogen-bond donors (Lipinski definition) is 0. The first-order valence-electron chi connectivity index (χ1n) is 13.8. The van der Waals surface area contributed by atoms with Gasteiger partial charge in [0.1, 0.15) is 5.69 Å². The minimum atomic E-state index is 0.523. The average molecular weight is 538 g/mol. The lowest BCUT2D eigenvalue weighted by Gasteiger charge is -2.10. The number of rotatable bonds is 4. The van der Waals surface area contributed by atoms with Crippen molar-refractivity contribution >= 4 is 32.4 Å². The Labute approximate surface area is 242 Å². The number of nitrogens with zero attached hydrogens (tertiary/aromatic N) is 5. The summed E-state index contributed by atoms with van der Waals surface area (Å²) in [5.41, 5.74) is 5.29. The number of benzene rings is 5. The Hall–Kier alpha value is -5.81. The van der Waals surface area contributed by atoms with Gasteiger partial charge in [0.15, 0.2) is 17.5 Å². The Morgan fingerprint density at radius 3 is 1.45 bits per heavy atom. The van der Waals surface area contributed by atoms with Gasteiger partial charge < -0.3 is 0 Å². The van der Waals surface area contributed by atoms with Crippen molar-refractivity contribution in [1.29, 1.82) is 0 Å². The van der Waals surface area contributed by atoms with Gasteiger partial charge in [0.2, 0.25) is 0 Å². The van der Waals surface area contributed by atoms with Crippen molar-refractivity contribution in [1.82, 2.24) is 24.9 Å². The number of para-hydroxylation sites is 1. The lowest BCUT2D eigenvalue weighted by atomic mass is 10.1. The Balaban J connectivity index is 1.25. The van der Waals surface area contributed by atoms with Gasteiger partial charge in [-0.3, -0.25) is 4.98 Å². The first-order chi connectivity index (χ1) is 20.8. The Kier molecular flexibility index (Phi) is 5.71. The molecule has 0 amide bonds. The summed E-state index contributed by atoms with van der Waals surface area (Å²) in [5.74, 6) is 1.74. The fourth-order valence-electron chi connectivity index (χ4n) is 5.31. The highest BCUT2D eigenvalue weighted by Gasteiger charge is 2.14. The van der Waals surface area contributed by atoms with E-state index in [2.05, 4.69) is 72.8 Å². The van der Waals surface area contributed by atoms with Crippen molar-refractivity contribution in [3.63, 3.8) is 0 Å². The molecular formula is C37H23N5. The molecule has 0 bridgehead atoms. The Morgan fingerprint density at radius 2 is 0.833 bits per heavy atom. The number of pyridine rings is 2. The molecule has 0 atom stereocenters. The molecule has 5 nitrogen and oxygen atoms in total. The van der Waals surface area contributed by atoms with E-state index in [4.69, 9.17) is 24.9 Å². The van der Waals surface area contributed by atoms with Gasteiger partial charge in [0.05, 0.1) is 11.2 Å². The number of hydrogen-bond acceptors (Lipinski definition) is 5. The fourth-order valence-corrected chi connectivity index (χ4v) is 5.31. The summed E-state index contributed by atoms with van der Waals surface area (Å²) in [5, 5.41) is 5.72. The summed E-state index contributed by atoms with van der Waals surface area (Å²) in [6.45, 7) is 0. The molecule has 0 N–H and O–H groups in total. The van der Waals surface area contributed by atoms with Gasteiger partial charge in [-0.15, -0.1) is 0 Å². The minimum Gasteiger partial charge on any atom is -0.252 e.